The molecule has 0 amide bonds. The van der Waals surface area contributed by atoms with Crippen LogP contribution < -0.4 is 26.3 Å². The smallest absolute Gasteiger partial charge is 0.169 e. The van der Waals surface area contributed by atoms with Crippen molar-refractivity contribution in [1.82, 2.24) is 5.32 Å². The van der Waals surface area contributed by atoms with E-state index < -0.39 is 0 Å². The largest absolute Gasteiger partial charge is 0.485 e. The first kappa shape index (κ1) is 17.4. The number of hydrogen-bond donors (Lipinski definition) is 3. The summed E-state index contributed by atoms with van der Waals surface area (Å²) in [6.07, 6.45) is 4.71. The van der Waals surface area contributed by atoms with Gasteiger partial charge in [-0.2, -0.15) is 0 Å². The molecule has 2 unspecified atom stereocenters. The summed E-state index contributed by atoms with van der Waals surface area (Å²) in [4.78, 5) is 0. The summed E-state index contributed by atoms with van der Waals surface area (Å²) in [6, 6.07) is 13.4. The summed E-state index contributed by atoms with van der Waals surface area (Å²) in [5.41, 5.74) is 12.7. The summed E-state index contributed by atoms with van der Waals surface area (Å²) >= 11 is 0. The third-order valence-electron chi connectivity index (χ3n) is 4.61. The van der Waals surface area contributed by atoms with E-state index in [0.29, 0.717) is 28.9 Å². The number of nitrogens with one attached hydrogen (secondary N) is 1. The fourth-order valence-corrected chi connectivity index (χ4v) is 3.18. The van der Waals surface area contributed by atoms with Gasteiger partial charge in [-0.05, 0) is 50.1 Å². The number of hydrogen-bond acceptors (Lipinski definition) is 5. The fraction of sp³-hybridized carbons (Fsp3) is 0.400. The second kappa shape index (κ2) is 8.12. The Morgan fingerprint density at radius 3 is 2.56 bits per heavy atom. The number of para-hydroxylation sites is 2. The molecule has 0 aliphatic carbocycles. The molecule has 5 N–H and O–H groups in total. The van der Waals surface area contributed by atoms with Crippen molar-refractivity contribution >= 4 is 11.4 Å². The van der Waals surface area contributed by atoms with E-state index >= 15 is 0 Å². The Morgan fingerprint density at radius 2 is 1.88 bits per heavy atom. The van der Waals surface area contributed by atoms with Gasteiger partial charge in [0.1, 0.15) is 11.9 Å². The normalized spacial score (nSPS) is 18.5. The van der Waals surface area contributed by atoms with E-state index in [4.69, 9.17) is 20.9 Å². The van der Waals surface area contributed by atoms with Gasteiger partial charge in [-0.3, -0.25) is 0 Å². The monoisotopic (exact) mass is 341 g/mol. The van der Waals surface area contributed by atoms with Crippen LogP contribution in [-0.4, -0.2) is 18.7 Å². The Balaban J connectivity index is 1.76. The van der Waals surface area contributed by atoms with Gasteiger partial charge < -0.3 is 26.3 Å². The maximum atomic E-state index is 6.32. The standard InChI is InChI=1S/C20H27N3O2/c1-2-18(17-7-5-6-12-23-17)25-20-9-4-3-8-19(20)24-14-10-11-15(21)16(22)13-14/h3-4,8-11,13,17-18,23H,2,5-7,12,21-22H2,1H3. The highest BCUT2D eigenvalue weighted by molar-refractivity contribution is 5.65. The van der Waals surface area contributed by atoms with Gasteiger partial charge in [-0.1, -0.05) is 25.5 Å². The molecule has 25 heavy (non-hydrogen) atoms. The number of nitrogens with two attached hydrogens (primary N) is 2. The van der Waals surface area contributed by atoms with Gasteiger partial charge in [0.2, 0.25) is 0 Å². The van der Waals surface area contributed by atoms with E-state index in [1.54, 1.807) is 12.1 Å². The van der Waals surface area contributed by atoms with Crippen molar-refractivity contribution in [3.8, 4) is 17.2 Å². The molecule has 3 rings (SSSR count). The van der Waals surface area contributed by atoms with Crippen molar-refractivity contribution in [2.75, 3.05) is 18.0 Å². The van der Waals surface area contributed by atoms with Crippen molar-refractivity contribution in [3.05, 3.63) is 42.5 Å². The number of nitrogen functional groups attached to an aromatic ring is 2. The molecule has 1 aliphatic rings. The summed E-state index contributed by atoms with van der Waals surface area (Å²) in [7, 11) is 0. The first-order valence-electron chi connectivity index (χ1n) is 8.99. The van der Waals surface area contributed by atoms with Crippen LogP contribution in [0.4, 0.5) is 11.4 Å². The molecule has 2 aromatic carbocycles. The third-order valence-corrected chi connectivity index (χ3v) is 4.61. The van der Waals surface area contributed by atoms with Crippen LogP contribution in [0.2, 0.25) is 0 Å². The molecule has 0 spiro atoms. The van der Waals surface area contributed by atoms with Gasteiger partial charge >= 0.3 is 0 Å². The average Bonchev–Trinajstić information content (AvgIpc) is 2.65. The molecule has 0 saturated carbocycles. The predicted molar refractivity (Wildman–Crippen MR) is 102 cm³/mol. The zero-order valence-electron chi connectivity index (χ0n) is 14.7. The Morgan fingerprint density at radius 1 is 1.08 bits per heavy atom. The molecule has 0 aromatic heterocycles. The Labute approximate surface area is 149 Å². The fourth-order valence-electron chi connectivity index (χ4n) is 3.18. The van der Waals surface area contributed by atoms with E-state index in [1.165, 1.54) is 12.8 Å². The zero-order chi connectivity index (χ0) is 17.6. The second-order valence-electron chi connectivity index (χ2n) is 6.46. The second-order valence-corrected chi connectivity index (χ2v) is 6.46. The molecule has 0 radical (unpaired) electrons. The van der Waals surface area contributed by atoms with E-state index in [2.05, 4.69) is 12.2 Å². The number of ether oxygens (including phenoxy) is 2. The zero-order valence-corrected chi connectivity index (χ0v) is 14.7. The maximum Gasteiger partial charge on any atom is 0.169 e. The highest BCUT2D eigenvalue weighted by Gasteiger charge is 2.24. The van der Waals surface area contributed by atoms with Crippen LogP contribution in [0.1, 0.15) is 32.6 Å². The SMILES string of the molecule is CCC(Oc1ccccc1Oc1ccc(N)c(N)c1)C1CCCCN1. The quantitative estimate of drug-likeness (QED) is 0.693. The van der Waals surface area contributed by atoms with Crippen molar-refractivity contribution < 1.29 is 9.47 Å². The Hall–Kier alpha value is -2.40. The summed E-state index contributed by atoms with van der Waals surface area (Å²) in [5, 5.41) is 3.58. The minimum Gasteiger partial charge on any atom is -0.485 e. The van der Waals surface area contributed by atoms with Crippen LogP contribution in [0, 0.1) is 0 Å². The van der Waals surface area contributed by atoms with Crippen molar-refractivity contribution in [2.24, 2.45) is 0 Å². The molecule has 1 saturated heterocycles. The molecule has 5 nitrogen and oxygen atoms in total. The van der Waals surface area contributed by atoms with Crippen molar-refractivity contribution in [2.45, 2.75) is 44.8 Å². The molecule has 2 aromatic rings. The molecule has 0 bridgehead atoms. The highest BCUT2D eigenvalue weighted by atomic mass is 16.5. The van der Waals surface area contributed by atoms with Crippen molar-refractivity contribution in [1.29, 1.82) is 0 Å². The maximum absolute atomic E-state index is 6.32. The number of benzene rings is 2. The molecule has 1 aliphatic heterocycles. The molecule has 1 heterocycles. The summed E-state index contributed by atoms with van der Waals surface area (Å²) < 4.78 is 12.3. The van der Waals surface area contributed by atoms with E-state index in [0.717, 1.165) is 25.1 Å². The first-order chi connectivity index (χ1) is 12.2. The van der Waals surface area contributed by atoms with Crippen LogP contribution in [0.15, 0.2) is 42.5 Å². The lowest BCUT2D eigenvalue weighted by atomic mass is 9.98. The summed E-state index contributed by atoms with van der Waals surface area (Å²) in [5.74, 6) is 2.07. The van der Waals surface area contributed by atoms with Crippen LogP contribution in [0.25, 0.3) is 0 Å². The Bertz CT molecular complexity index is 699. The first-order valence-corrected chi connectivity index (χ1v) is 8.99. The van der Waals surface area contributed by atoms with Gasteiger partial charge in [-0.15, -0.1) is 0 Å². The van der Waals surface area contributed by atoms with Gasteiger partial charge in [0, 0.05) is 12.1 Å². The number of anilines is 2. The molecule has 5 heteroatoms. The minimum atomic E-state index is 0.126. The lowest BCUT2D eigenvalue weighted by Gasteiger charge is -2.31. The van der Waals surface area contributed by atoms with Crippen molar-refractivity contribution in [3.63, 3.8) is 0 Å². The lowest BCUT2D eigenvalue weighted by molar-refractivity contribution is 0.129. The van der Waals surface area contributed by atoms with Crippen LogP contribution >= 0.6 is 0 Å². The number of piperidine rings is 1. The predicted octanol–water partition coefficient (Wildman–Crippen LogP) is 3.94. The van der Waals surface area contributed by atoms with E-state index in [1.807, 2.05) is 30.3 Å². The molecule has 134 valence electrons. The lowest BCUT2D eigenvalue weighted by Crippen LogP contribution is -2.45. The molecule has 1 fully saturated rings. The summed E-state index contributed by atoms with van der Waals surface area (Å²) in [6.45, 7) is 3.22. The van der Waals surface area contributed by atoms with E-state index in [-0.39, 0.29) is 6.10 Å². The van der Waals surface area contributed by atoms with Gasteiger partial charge in [-0.25, -0.2) is 0 Å². The molecular formula is C20H27N3O2. The number of rotatable bonds is 6. The Kier molecular flexibility index (Phi) is 5.66. The van der Waals surface area contributed by atoms with Gasteiger partial charge in [0.15, 0.2) is 11.5 Å². The van der Waals surface area contributed by atoms with Crippen LogP contribution in [-0.2, 0) is 0 Å². The van der Waals surface area contributed by atoms with Crippen LogP contribution in [0.5, 0.6) is 17.2 Å². The van der Waals surface area contributed by atoms with Gasteiger partial charge in [0.05, 0.1) is 11.4 Å². The van der Waals surface area contributed by atoms with Gasteiger partial charge in [0.25, 0.3) is 0 Å². The molecular weight excluding hydrogens is 314 g/mol. The minimum absolute atomic E-state index is 0.126. The highest BCUT2D eigenvalue weighted by Crippen LogP contribution is 2.34. The topological polar surface area (TPSA) is 82.5 Å². The average molecular weight is 341 g/mol. The van der Waals surface area contributed by atoms with Crippen LogP contribution in [0.3, 0.4) is 0 Å². The molecule has 2 atom stereocenters. The van der Waals surface area contributed by atoms with E-state index in [9.17, 15) is 0 Å². The third kappa shape index (κ3) is 4.37.